The summed E-state index contributed by atoms with van der Waals surface area (Å²) in [4.78, 5) is 23.2. The van der Waals surface area contributed by atoms with Crippen molar-refractivity contribution in [3.8, 4) is 0 Å². The van der Waals surface area contributed by atoms with Gasteiger partial charge < -0.3 is 14.6 Å². The molecule has 1 N–H and O–H groups in total. The average Bonchev–Trinajstić information content (AvgIpc) is 2.84. The highest BCUT2D eigenvalue weighted by atomic mass is 16.5. The number of carbonyl (C=O) groups is 1. The molecule has 100 valence electrons. The summed E-state index contributed by atoms with van der Waals surface area (Å²) < 4.78 is 9.50. The van der Waals surface area contributed by atoms with Crippen molar-refractivity contribution in [1.82, 2.24) is 20.1 Å². The minimum atomic E-state index is -0.514. The molecule has 0 spiro atoms. The number of carbonyl (C=O) groups excluding carboxylic acids is 1. The highest BCUT2D eigenvalue weighted by Gasteiger charge is 2.07. The Morgan fingerprint density at radius 2 is 2.26 bits per heavy atom. The van der Waals surface area contributed by atoms with E-state index in [4.69, 9.17) is 4.52 Å². The molecule has 0 unspecified atom stereocenters. The van der Waals surface area contributed by atoms with Crippen molar-refractivity contribution in [2.45, 2.75) is 13.3 Å². The predicted molar refractivity (Wildman–Crippen MR) is 64.6 cm³/mol. The minimum absolute atomic E-state index is 0.167. The predicted octanol–water partition coefficient (Wildman–Crippen LogP) is 0.609. The highest BCUT2D eigenvalue weighted by molar-refractivity contribution is 5.86. The smallest absolute Gasteiger partial charge is 0.358 e. The molecule has 0 saturated heterocycles. The Morgan fingerprint density at radius 1 is 1.42 bits per heavy atom. The Kier molecular flexibility index (Phi) is 4.01. The summed E-state index contributed by atoms with van der Waals surface area (Å²) in [6.45, 7) is 2.34. The van der Waals surface area contributed by atoms with Crippen molar-refractivity contribution in [3.05, 3.63) is 29.8 Å². The van der Waals surface area contributed by atoms with Crippen LogP contribution in [0.1, 0.15) is 22.2 Å². The van der Waals surface area contributed by atoms with Crippen molar-refractivity contribution in [3.63, 3.8) is 0 Å². The summed E-state index contributed by atoms with van der Waals surface area (Å²) in [5, 5.41) is 6.72. The third-order valence-corrected chi connectivity index (χ3v) is 2.26. The standard InChI is InChI=1S/C11H13N5O3/c1-7-15-10(19-16-7)3-4-12-9-6-13-8(5-14-9)11(17)18-2/h5-6H,3-4H2,1-2H3,(H,12,14). The van der Waals surface area contributed by atoms with Crippen LogP contribution in [0.3, 0.4) is 0 Å². The number of methoxy groups -OCH3 is 1. The van der Waals surface area contributed by atoms with Gasteiger partial charge in [-0.3, -0.25) is 0 Å². The zero-order chi connectivity index (χ0) is 13.7. The number of nitrogens with zero attached hydrogens (tertiary/aromatic N) is 4. The molecule has 2 aromatic heterocycles. The van der Waals surface area contributed by atoms with E-state index in [0.29, 0.717) is 30.5 Å². The first-order valence-electron chi connectivity index (χ1n) is 5.62. The molecule has 0 aliphatic heterocycles. The Labute approximate surface area is 109 Å². The molecule has 0 aliphatic rings. The number of nitrogens with one attached hydrogen (secondary N) is 1. The maximum absolute atomic E-state index is 11.2. The van der Waals surface area contributed by atoms with Crippen LogP contribution in [0.4, 0.5) is 5.82 Å². The van der Waals surface area contributed by atoms with Crippen molar-refractivity contribution >= 4 is 11.8 Å². The number of aryl methyl sites for hydroxylation is 1. The van der Waals surface area contributed by atoms with E-state index < -0.39 is 5.97 Å². The second-order valence-electron chi connectivity index (χ2n) is 3.69. The number of rotatable bonds is 5. The minimum Gasteiger partial charge on any atom is -0.464 e. The Bertz CT molecular complexity index is 552. The first-order valence-corrected chi connectivity index (χ1v) is 5.62. The van der Waals surface area contributed by atoms with Crippen LogP contribution in [-0.4, -0.2) is 39.7 Å². The molecule has 0 saturated carbocycles. The van der Waals surface area contributed by atoms with Crippen LogP contribution in [0.2, 0.25) is 0 Å². The molecule has 0 radical (unpaired) electrons. The second kappa shape index (κ2) is 5.89. The van der Waals surface area contributed by atoms with Crippen LogP contribution in [0.5, 0.6) is 0 Å². The summed E-state index contributed by atoms with van der Waals surface area (Å²) in [6, 6.07) is 0. The molecule has 8 nitrogen and oxygen atoms in total. The van der Waals surface area contributed by atoms with E-state index in [2.05, 4.69) is 30.2 Å². The molecule has 2 aromatic rings. The Balaban J connectivity index is 1.84. The first kappa shape index (κ1) is 12.9. The third-order valence-electron chi connectivity index (χ3n) is 2.26. The summed E-state index contributed by atoms with van der Waals surface area (Å²) in [6.07, 6.45) is 3.40. The maximum Gasteiger partial charge on any atom is 0.358 e. The molecule has 0 bridgehead atoms. The van der Waals surface area contributed by atoms with Crippen LogP contribution < -0.4 is 5.32 Å². The fourth-order valence-corrected chi connectivity index (χ4v) is 1.37. The van der Waals surface area contributed by atoms with Crippen molar-refractivity contribution < 1.29 is 14.1 Å². The van der Waals surface area contributed by atoms with Gasteiger partial charge in [-0.2, -0.15) is 4.98 Å². The number of hydrogen-bond acceptors (Lipinski definition) is 8. The molecule has 2 rings (SSSR count). The summed E-state index contributed by atoms with van der Waals surface area (Å²) in [7, 11) is 1.29. The first-order chi connectivity index (χ1) is 9.19. The lowest BCUT2D eigenvalue weighted by atomic mass is 10.4. The van der Waals surface area contributed by atoms with Gasteiger partial charge in [0.15, 0.2) is 11.5 Å². The van der Waals surface area contributed by atoms with Gasteiger partial charge in [-0.25, -0.2) is 14.8 Å². The van der Waals surface area contributed by atoms with Gasteiger partial charge in [-0.05, 0) is 6.92 Å². The maximum atomic E-state index is 11.2. The van der Waals surface area contributed by atoms with Gasteiger partial charge in [0.2, 0.25) is 5.89 Å². The zero-order valence-electron chi connectivity index (χ0n) is 10.6. The molecular formula is C11H13N5O3. The SMILES string of the molecule is COC(=O)c1cnc(NCCc2nc(C)no2)cn1. The quantitative estimate of drug-likeness (QED) is 0.782. The van der Waals surface area contributed by atoms with E-state index in [9.17, 15) is 4.79 Å². The van der Waals surface area contributed by atoms with Crippen LogP contribution in [0.15, 0.2) is 16.9 Å². The van der Waals surface area contributed by atoms with Crippen molar-refractivity contribution in [2.75, 3.05) is 19.0 Å². The fraction of sp³-hybridized carbons (Fsp3) is 0.364. The van der Waals surface area contributed by atoms with Gasteiger partial charge in [-0.1, -0.05) is 5.16 Å². The van der Waals surface area contributed by atoms with Gasteiger partial charge in [-0.15, -0.1) is 0 Å². The van der Waals surface area contributed by atoms with Crippen LogP contribution >= 0.6 is 0 Å². The van der Waals surface area contributed by atoms with Gasteiger partial charge in [0, 0.05) is 13.0 Å². The largest absolute Gasteiger partial charge is 0.464 e. The average molecular weight is 263 g/mol. The highest BCUT2D eigenvalue weighted by Crippen LogP contribution is 2.03. The van der Waals surface area contributed by atoms with Gasteiger partial charge in [0.1, 0.15) is 5.82 Å². The molecule has 0 fully saturated rings. The Hall–Kier alpha value is -2.51. The molecule has 0 amide bonds. The molecule has 0 aromatic carbocycles. The van der Waals surface area contributed by atoms with Gasteiger partial charge in [0.25, 0.3) is 0 Å². The van der Waals surface area contributed by atoms with E-state index in [1.54, 1.807) is 6.92 Å². The third kappa shape index (κ3) is 3.47. The molecule has 8 heteroatoms. The lowest BCUT2D eigenvalue weighted by molar-refractivity contribution is 0.0593. The molecule has 2 heterocycles. The summed E-state index contributed by atoms with van der Waals surface area (Å²) in [5.41, 5.74) is 0.167. The van der Waals surface area contributed by atoms with E-state index in [-0.39, 0.29) is 5.69 Å². The van der Waals surface area contributed by atoms with E-state index in [0.717, 1.165) is 0 Å². The molecule has 19 heavy (non-hydrogen) atoms. The van der Waals surface area contributed by atoms with Crippen molar-refractivity contribution in [1.29, 1.82) is 0 Å². The Morgan fingerprint density at radius 3 is 2.84 bits per heavy atom. The molecular weight excluding hydrogens is 250 g/mol. The second-order valence-corrected chi connectivity index (χ2v) is 3.69. The monoisotopic (exact) mass is 263 g/mol. The summed E-state index contributed by atoms with van der Waals surface area (Å²) >= 11 is 0. The normalized spacial score (nSPS) is 10.2. The van der Waals surface area contributed by atoms with E-state index >= 15 is 0 Å². The number of anilines is 1. The van der Waals surface area contributed by atoms with Gasteiger partial charge in [0.05, 0.1) is 19.5 Å². The van der Waals surface area contributed by atoms with E-state index in [1.165, 1.54) is 19.5 Å². The van der Waals surface area contributed by atoms with Gasteiger partial charge >= 0.3 is 5.97 Å². The van der Waals surface area contributed by atoms with Crippen LogP contribution in [-0.2, 0) is 11.2 Å². The fourth-order valence-electron chi connectivity index (χ4n) is 1.37. The lowest BCUT2D eigenvalue weighted by Gasteiger charge is -2.03. The number of ether oxygens (including phenoxy) is 1. The van der Waals surface area contributed by atoms with E-state index in [1.807, 2.05) is 0 Å². The zero-order valence-corrected chi connectivity index (χ0v) is 10.6. The van der Waals surface area contributed by atoms with Crippen molar-refractivity contribution in [2.24, 2.45) is 0 Å². The topological polar surface area (TPSA) is 103 Å². The van der Waals surface area contributed by atoms with Crippen LogP contribution in [0.25, 0.3) is 0 Å². The summed E-state index contributed by atoms with van der Waals surface area (Å²) in [5.74, 6) is 1.21. The number of aromatic nitrogens is 4. The number of hydrogen-bond donors (Lipinski definition) is 1. The molecule has 0 aliphatic carbocycles. The number of esters is 1. The molecule has 0 atom stereocenters. The van der Waals surface area contributed by atoms with Crippen LogP contribution in [0, 0.1) is 6.92 Å². The lowest BCUT2D eigenvalue weighted by Crippen LogP contribution is -2.09.